The highest BCUT2D eigenvalue weighted by Crippen LogP contribution is 2.52. The maximum atomic E-state index is 12.9. The molecule has 2 aliphatic rings. The van der Waals surface area contributed by atoms with E-state index in [-0.39, 0.29) is 17.2 Å². The van der Waals surface area contributed by atoms with E-state index in [0.29, 0.717) is 45.9 Å². The minimum atomic E-state index is -0.667. The number of nitrogens with zero attached hydrogens (tertiary/aromatic N) is 3. The first kappa shape index (κ1) is 28.2. The predicted molar refractivity (Wildman–Crippen MR) is 157 cm³/mol. The molecule has 40 heavy (non-hydrogen) atoms. The van der Waals surface area contributed by atoms with Gasteiger partial charge in [0.15, 0.2) is 11.5 Å². The highest BCUT2D eigenvalue weighted by Gasteiger charge is 2.49. The van der Waals surface area contributed by atoms with E-state index >= 15 is 0 Å². The number of ether oxygens (including phenoxy) is 1. The molecule has 0 bridgehead atoms. The van der Waals surface area contributed by atoms with E-state index in [4.69, 9.17) is 38.7 Å². The van der Waals surface area contributed by atoms with Crippen molar-refractivity contribution in [2.24, 2.45) is 11.1 Å². The molecule has 0 saturated carbocycles. The molecule has 1 fully saturated rings. The fraction of sp³-hybridized carbons (Fsp3) is 0.400. The van der Waals surface area contributed by atoms with Crippen LogP contribution in [0.4, 0.5) is 10.6 Å². The highest BCUT2D eigenvalue weighted by molar-refractivity contribution is 6.43. The molecule has 2 heterocycles. The highest BCUT2D eigenvalue weighted by atomic mass is 35.5. The summed E-state index contributed by atoms with van der Waals surface area (Å²) in [5, 5.41) is 3.91. The molecule has 2 aromatic carbocycles. The Hall–Kier alpha value is -3.36. The number of benzene rings is 2. The molecule has 8 nitrogen and oxygen atoms in total. The molecule has 5 rings (SSSR count). The van der Waals surface area contributed by atoms with Gasteiger partial charge >= 0.3 is 6.09 Å². The van der Waals surface area contributed by atoms with Crippen LogP contribution in [0.15, 0.2) is 42.5 Å². The molecular weight excluding hydrogens is 549 g/mol. The van der Waals surface area contributed by atoms with Crippen molar-refractivity contribution in [3.8, 4) is 11.3 Å². The van der Waals surface area contributed by atoms with Gasteiger partial charge in [0.1, 0.15) is 5.60 Å². The number of amides is 2. The molecule has 1 aliphatic heterocycles. The van der Waals surface area contributed by atoms with E-state index in [1.165, 1.54) is 5.56 Å². The van der Waals surface area contributed by atoms with Crippen LogP contribution in [0.2, 0.25) is 10.0 Å². The van der Waals surface area contributed by atoms with Crippen LogP contribution in [-0.4, -0.2) is 40.7 Å². The number of hydrogen-bond acceptors (Lipinski definition) is 6. The smallest absolute Gasteiger partial charge is 0.408 e. The lowest BCUT2D eigenvalue weighted by Gasteiger charge is -2.44. The molecule has 3 N–H and O–H groups in total. The number of nitrogens with one attached hydrogen (secondary N) is 1. The van der Waals surface area contributed by atoms with Crippen molar-refractivity contribution in [2.75, 3.05) is 18.0 Å². The summed E-state index contributed by atoms with van der Waals surface area (Å²) in [5.74, 6) is -0.214. The normalized spacial score (nSPS) is 17.9. The van der Waals surface area contributed by atoms with Crippen LogP contribution in [0, 0.1) is 12.3 Å². The third kappa shape index (κ3) is 5.34. The van der Waals surface area contributed by atoms with Gasteiger partial charge in [-0.05, 0) is 64.2 Å². The van der Waals surface area contributed by atoms with Gasteiger partial charge in [0.25, 0.3) is 5.91 Å². The number of halogens is 2. The topological polar surface area (TPSA) is 110 Å². The Morgan fingerprint density at radius 3 is 2.45 bits per heavy atom. The van der Waals surface area contributed by atoms with Crippen molar-refractivity contribution in [2.45, 2.75) is 58.6 Å². The van der Waals surface area contributed by atoms with Gasteiger partial charge < -0.3 is 20.7 Å². The van der Waals surface area contributed by atoms with Crippen molar-refractivity contribution in [3.63, 3.8) is 0 Å². The quantitative estimate of drug-likeness (QED) is 0.376. The fourth-order valence-electron chi connectivity index (χ4n) is 5.91. The zero-order valence-electron chi connectivity index (χ0n) is 23.1. The average Bonchev–Trinajstić information content (AvgIpc) is 3.17. The Bertz CT molecular complexity index is 1480. The van der Waals surface area contributed by atoms with Crippen molar-refractivity contribution in [3.05, 3.63) is 75.0 Å². The summed E-state index contributed by atoms with van der Waals surface area (Å²) < 4.78 is 5.61. The van der Waals surface area contributed by atoms with Gasteiger partial charge in [-0.15, -0.1) is 0 Å². The molecule has 2 amide bonds. The second kappa shape index (κ2) is 10.6. The zero-order chi connectivity index (χ0) is 28.8. The lowest BCUT2D eigenvalue weighted by Crippen LogP contribution is -2.48. The molecule has 1 aromatic heterocycles. The molecule has 1 atom stereocenters. The number of aromatic nitrogens is 2. The van der Waals surface area contributed by atoms with Crippen LogP contribution >= 0.6 is 23.2 Å². The lowest BCUT2D eigenvalue weighted by molar-refractivity contribution is 0.0427. The van der Waals surface area contributed by atoms with E-state index in [1.807, 2.05) is 39.8 Å². The molecule has 0 radical (unpaired) electrons. The summed E-state index contributed by atoms with van der Waals surface area (Å²) in [4.78, 5) is 36.9. The van der Waals surface area contributed by atoms with Crippen LogP contribution < -0.4 is 16.0 Å². The Balaban J connectivity index is 1.43. The SMILES string of the molecule is Cc1nc(N2CCC3(CC2)Cc2ccccc2[C@H]3NC(=O)OC(C)(C)C)c(C(N)=O)nc1-c1cccc(Cl)c1Cl. The number of carbonyl (C=O) groups is 2. The Morgan fingerprint density at radius 2 is 1.77 bits per heavy atom. The van der Waals surface area contributed by atoms with Gasteiger partial charge in [-0.2, -0.15) is 0 Å². The number of primary amides is 1. The van der Waals surface area contributed by atoms with Gasteiger partial charge in [-0.1, -0.05) is 59.6 Å². The Morgan fingerprint density at radius 1 is 1.07 bits per heavy atom. The van der Waals surface area contributed by atoms with Crippen molar-refractivity contribution in [1.82, 2.24) is 15.3 Å². The third-order valence-corrected chi connectivity index (χ3v) is 8.55. The summed E-state index contributed by atoms with van der Waals surface area (Å²) in [5.41, 5.74) is 9.12. The summed E-state index contributed by atoms with van der Waals surface area (Å²) in [7, 11) is 0. The zero-order valence-corrected chi connectivity index (χ0v) is 24.6. The number of piperidine rings is 1. The fourth-order valence-corrected chi connectivity index (χ4v) is 6.30. The Kier molecular flexibility index (Phi) is 7.44. The maximum Gasteiger partial charge on any atom is 0.408 e. The molecular formula is C30H33Cl2N5O3. The average molecular weight is 583 g/mol. The van der Waals surface area contributed by atoms with Gasteiger partial charge in [0.05, 0.1) is 27.5 Å². The summed E-state index contributed by atoms with van der Waals surface area (Å²) in [6.45, 7) is 8.63. The van der Waals surface area contributed by atoms with Crippen LogP contribution in [-0.2, 0) is 11.2 Å². The number of hydrogen-bond donors (Lipinski definition) is 2. The van der Waals surface area contributed by atoms with Crippen molar-refractivity contribution >= 4 is 41.0 Å². The number of fused-ring (bicyclic) bond motifs is 1. The summed E-state index contributed by atoms with van der Waals surface area (Å²) in [6, 6.07) is 13.3. The molecule has 1 saturated heterocycles. The van der Waals surface area contributed by atoms with Gasteiger partial charge in [-0.3, -0.25) is 4.79 Å². The number of nitrogens with two attached hydrogens (primary N) is 1. The molecule has 0 unspecified atom stereocenters. The minimum absolute atomic E-state index is 0.0886. The first-order valence-electron chi connectivity index (χ1n) is 13.3. The van der Waals surface area contributed by atoms with Gasteiger partial charge in [0.2, 0.25) is 0 Å². The predicted octanol–water partition coefficient (Wildman–Crippen LogP) is 6.27. The third-order valence-electron chi connectivity index (χ3n) is 7.73. The van der Waals surface area contributed by atoms with E-state index in [9.17, 15) is 9.59 Å². The molecule has 1 aliphatic carbocycles. The van der Waals surface area contributed by atoms with E-state index in [1.54, 1.807) is 18.2 Å². The van der Waals surface area contributed by atoms with Crippen molar-refractivity contribution < 1.29 is 14.3 Å². The van der Waals surface area contributed by atoms with E-state index in [0.717, 1.165) is 24.8 Å². The van der Waals surface area contributed by atoms with Crippen LogP contribution in [0.5, 0.6) is 0 Å². The monoisotopic (exact) mass is 581 g/mol. The van der Waals surface area contributed by atoms with Crippen molar-refractivity contribution in [1.29, 1.82) is 0 Å². The minimum Gasteiger partial charge on any atom is -0.444 e. The lowest BCUT2D eigenvalue weighted by atomic mass is 9.72. The maximum absolute atomic E-state index is 12.9. The standard InChI is InChI=1S/C30H33Cl2N5O3/c1-17-23(20-10-7-11-21(31)22(20)32)35-24(26(33)38)27(34-17)37-14-12-30(13-15-37)16-18-8-5-6-9-19(18)25(30)36-28(39)40-29(2,3)4/h5-11,25H,12-16H2,1-4H3,(H2,33,38)(H,36,39)/t25-/m1/s1. The Labute approximate surface area is 244 Å². The molecule has 210 valence electrons. The van der Waals surface area contributed by atoms with Crippen LogP contribution in [0.25, 0.3) is 11.3 Å². The van der Waals surface area contributed by atoms with Gasteiger partial charge in [0, 0.05) is 24.1 Å². The van der Waals surface area contributed by atoms with Crippen LogP contribution in [0.1, 0.15) is 67.0 Å². The number of aryl methyl sites for hydroxylation is 1. The first-order chi connectivity index (χ1) is 18.9. The second-order valence-corrected chi connectivity index (χ2v) is 12.4. The number of rotatable bonds is 4. The summed E-state index contributed by atoms with van der Waals surface area (Å²) in [6.07, 6.45) is 1.95. The molecule has 10 heteroatoms. The second-order valence-electron chi connectivity index (χ2n) is 11.6. The first-order valence-corrected chi connectivity index (χ1v) is 14.1. The summed E-state index contributed by atoms with van der Waals surface area (Å²) >= 11 is 12.7. The number of anilines is 1. The van der Waals surface area contributed by atoms with Gasteiger partial charge in [-0.25, -0.2) is 14.8 Å². The van der Waals surface area contributed by atoms with E-state index in [2.05, 4.69) is 27.3 Å². The molecule has 1 spiro atoms. The molecule has 3 aromatic rings. The largest absolute Gasteiger partial charge is 0.444 e. The number of alkyl carbamates (subject to hydrolysis) is 1. The van der Waals surface area contributed by atoms with E-state index < -0.39 is 17.6 Å². The van der Waals surface area contributed by atoms with Crippen LogP contribution in [0.3, 0.4) is 0 Å². The number of carbonyl (C=O) groups excluding carboxylic acids is 2.